The Morgan fingerprint density at radius 3 is 2.60 bits per heavy atom. The average molecular weight is 359 g/mol. The van der Waals surface area contributed by atoms with Crippen molar-refractivity contribution in [3.63, 3.8) is 0 Å². The Balaban J connectivity index is 1.89. The van der Waals surface area contributed by atoms with Crippen LogP contribution >= 0.6 is 11.6 Å². The summed E-state index contributed by atoms with van der Waals surface area (Å²) in [6, 6.07) is 9.11. The Bertz CT molecular complexity index is 976. The third-order valence-corrected chi connectivity index (χ3v) is 3.86. The van der Waals surface area contributed by atoms with Crippen molar-refractivity contribution in [2.24, 2.45) is 0 Å². The molecule has 0 saturated carbocycles. The minimum Gasteiger partial charge on any atom is -0.478 e. The molecule has 0 bridgehead atoms. The number of aromatic nitrogens is 2. The van der Waals surface area contributed by atoms with Crippen molar-refractivity contribution < 1.29 is 14.8 Å². The lowest BCUT2D eigenvalue weighted by Crippen LogP contribution is -2.04. The number of halogens is 1. The quantitative estimate of drug-likeness (QED) is 0.529. The van der Waals surface area contributed by atoms with Crippen LogP contribution in [0.25, 0.3) is 10.9 Å². The van der Waals surface area contributed by atoms with Gasteiger partial charge in [-0.1, -0.05) is 23.7 Å². The Morgan fingerprint density at radius 2 is 1.96 bits per heavy atom. The smallest absolute Gasteiger partial charge is 0.335 e. The number of hydrogen-bond donors (Lipinski definition) is 2. The van der Waals surface area contributed by atoms with E-state index in [2.05, 4.69) is 15.3 Å². The maximum atomic E-state index is 11.1. The number of carbonyl (C=O) groups is 1. The fourth-order valence-corrected chi connectivity index (χ4v) is 2.52. The molecule has 0 radical (unpaired) electrons. The van der Waals surface area contributed by atoms with E-state index in [1.165, 1.54) is 30.6 Å². The first-order chi connectivity index (χ1) is 12.0. The molecule has 2 aromatic carbocycles. The van der Waals surface area contributed by atoms with Gasteiger partial charge in [-0.25, -0.2) is 14.8 Å². The summed E-state index contributed by atoms with van der Waals surface area (Å²) in [6.07, 6.45) is 1.33. The summed E-state index contributed by atoms with van der Waals surface area (Å²) in [6.45, 7) is 0.364. The van der Waals surface area contributed by atoms with Gasteiger partial charge < -0.3 is 10.4 Å². The van der Waals surface area contributed by atoms with Crippen molar-refractivity contribution in [3.8, 4) is 0 Å². The molecule has 0 aliphatic rings. The van der Waals surface area contributed by atoms with E-state index < -0.39 is 10.9 Å². The maximum Gasteiger partial charge on any atom is 0.335 e. The van der Waals surface area contributed by atoms with Gasteiger partial charge in [-0.2, -0.15) is 0 Å². The number of aromatic carboxylic acids is 1. The monoisotopic (exact) mass is 358 g/mol. The number of rotatable bonds is 5. The summed E-state index contributed by atoms with van der Waals surface area (Å²) in [7, 11) is 0. The van der Waals surface area contributed by atoms with Crippen molar-refractivity contribution in [1.29, 1.82) is 0 Å². The Labute approximate surface area is 146 Å². The third-order valence-electron chi connectivity index (χ3n) is 3.56. The molecule has 0 aliphatic carbocycles. The molecule has 0 atom stereocenters. The van der Waals surface area contributed by atoms with E-state index in [9.17, 15) is 14.9 Å². The normalized spacial score (nSPS) is 10.6. The molecule has 3 rings (SSSR count). The summed E-state index contributed by atoms with van der Waals surface area (Å²) < 4.78 is 0. The van der Waals surface area contributed by atoms with Crippen molar-refractivity contribution in [2.45, 2.75) is 6.54 Å². The van der Waals surface area contributed by atoms with Gasteiger partial charge in [0.05, 0.1) is 16.0 Å². The summed E-state index contributed by atoms with van der Waals surface area (Å²) in [4.78, 5) is 29.5. The number of nitro benzene ring substituents is 1. The summed E-state index contributed by atoms with van der Waals surface area (Å²) in [5.74, 6) is -0.572. The zero-order chi connectivity index (χ0) is 18.0. The predicted octanol–water partition coefficient (Wildman–Crippen LogP) is 3.50. The second-order valence-electron chi connectivity index (χ2n) is 5.16. The third kappa shape index (κ3) is 3.48. The van der Waals surface area contributed by atoms with Crippen molar-refractivity contribution in [3.05, 3.63) is 69.0 Å². The van der Waals surface area contributed by atoms with Crippen LogP contribution < -0.4 is 5.32 Å². The second kappa shape index (κ2) is 6.70. The molecule has 0 fully saturated rings. The molecule has 0 unspecified atom stereocenters. The molecule has 0 amide bonds. The van der Waals surface area contributed by atoms with Gasteiger partial charge in [0.25, 0.3) is 5.69 Å². The first kappa shape index (κ1) is 16.6. The van der Waals surface area contributed by atoms with Crippen molar-refractivity contribution >= 4 is 40.0 Å². The highest BCUT2D eigenvalue weighted by molar-refractivity contribution is 6.33. The SMILES string of the molecule is O=C(O)c1ccc(CNc2ncnc3cc(Cl)c([N+](=O)[O-])cc23)cc1. The highest BCUT2D eigenvalue weighted by Crippen LogP contribution is 2.31. The number of nitrogens with zero attached hydrogens (tertiary/aromatic N) is 3. The highest BCUT2D eigenvalue weighted by atomic mass is 35.5. The Kier molecular flexibility index (Phi) is 4.44. The number of fused-ring (bicyclic) bond motifs is 1. The van der Waals surface area contributed by atoms with Crippen molar-refractivity contribution in [1.82, 2.24) is 9.97 Å². The number of hydrogen-bond acceptors (Lipinski definition) is 6. The first-order valence-corrected chi connectivity index (χ1v) is 7.48. The molecule has 9 heteroatoms. The van der Waals surface area contributed by atoms with Crippen molar-refractivity contribution in [2.75, 3.05) is 5.32 Å². The van der Waals surface area contributed by atoms with Crippen LogP contribution in [0.15, 0.2) is 42.7 Å². The van der Waals surface area contributed by atoms with Gasteiger partial charge in [0.2, 0.25) is 0 Å². The van der Waals surface area contributed by atoms with Gasteiger partial charge >= 0.3 is 5.97 Å². The number of carboxylic acids is 1. The van der Waals surface area contributed by atoms with Gasteiger partial charge in [-0.3, -0.25) is 10.1 Å². The second-order valence-corrected chi connectivity index (χ2v) is 5.56. The van der Waals surface area contributed by atoms with Gasteiger partial charge in [0, 0.05) is 18.0 Å². The van der Waals surface area contributed by atoms with E-state index in [0.717, 1.165) is 5.56 Å². The van der Waals surface area contributed by atoms with E-state index in [1.807, 2.05) is 0 Å². The molecule has 0 spiro atoms. The highest BCUT2D eigenvalue weighted by Gasteiger charge is 2.16. The molecule has 1 aromatic heterocycles. The number of nitro groups is 1. The topological polar surface area (TPSA) is 118 Å². The molecule has 2 N–H and O–H groups in total. The lowest BCUT2D eigenvalue weighted by atomic mass is 10.1. The summed E-state index contributed by atoms with van der Waals surface area (Å²) in [5, 5.41) is 23.5. The summed E-state index contributed by atoms with van der Waals surface area (Å²) >= 11 is 5.89. The zero-order valence-electron chi connectivity index (χ0n) is 12.6. The molecule has 1 heterocycles. The fourth-order valence-electron chi connectivity index (χ4n) is 2.30. The molecule has 25 heavy (non-hydrogen) atoms. The van der Waals surface area contributed by atoms with E-state index in [-0.39, 0.29) is 16.3 Å². The van der Waals surface area contributed by atoms with E-state index in [0.29, 0.717) is 23.3 Å². The minimum atomic E-state index is -0.995. The van der Waals surface area contributed by atoms with Gasteiger partial charge in [0.15, 0.2) is 0 Å². The fraction of sp³-hybridized carbons (Fsp3) is 0.0625. The molecule has 8 nitrogen and oxygen atoms in total. The zero-order valence-corrected chi connectivity index (χ0v) is 13.4. The van der Waals surface area contributed by atoms with E-state index in [1.54, 1.807) is 12.1 Å². The number of anilines is 1. The van der Waals surface area contributed by atoms with Gasteiger partial charge in [-0.15, -0.1) is 0 Å². The maximum absolute atomic E-state index is 11.1. The van der Waals surface area contributed by atoms with E-state index in [4.69, 9.17) is 16.7 Å². The van der Waals surface area contributed by atoms with Crippen LogP contribution in [0, 0.1) is 10.1 Å². The summed E-state index contributed by atoms with van der Waals surface area (Å²) in [5.41, 5.74) is 1.29. The molecular formula is C16H11ClN4O4. The Hall–Kier alpha value is -3.26. The number of benzene rings is 2. The number of nitrogens with one attached hydrogen (secondary N) is 1. The molecule has 126 valence electrons. The van der Waals surface area contributed by atoms with Crippen LogP contribution in [0.4, 0.5) is 11.5 Å². The van der Waals surface area contributed by atoms with Gasteiger partial charge in [0.1, 0.15) is 17.2 Å². The van der Waals surface area contributed by atoms with Crippen LogP contribution in [-0.2, 0) is 6.54 Å². The minimum absolute atomic E-state index is 0.00593. The molecule has 0 saturated heterocycles. The van der Waals surface area contributed by atoms with Gasteiger partial charge in [-0.05, 0) is 23.8 Å². The standard InChI is InChI=1S/C16H11ClN4O4/c17-12-6-13-11(5-14(12)21(24)25)15(20-8-19-13)18-7-9-1-3-10(4-2-9)16(22)23/h1-6,8H,7H2,(H,22,23)(H,18,19,20). The largest absolute Gasteiger partial charge is 0.478 e. The Morgan fingerprint density at radius 1 is 1.24 bits per heavy atom. The van der Waals surface area contributed by atoms with E-state index >= 15 is 0 Å². The predicted molar refractivity (Wildman–Crippen MR) is 91.9 cm³/mol. The van der Waals surface area contributed by atoms with Crippen LogP contribution in [0.5, 0.6) is 0 Å². The lowest BCUT2D eigenvalue weighted by molar-refractivity contribution is -0.384. The van der Waals surface area contributed by atoms with Crippen LogP contribution in [0.3, 0.4) is 0 Å². The first-order valence-electron chi connectivity index (χ1n) is 7.10. The number of carboxylic acid groups (broad SMARTS) is 1. The average Bonchev–Trinajstić information content (AvgIpc) is 2.59. The lowest BCUT2D eigenvalue weighted by Gasteiger charge is -2.09. The molecule has 0 aliphatic heterocycles. The molecule has 3 aromatic rings. The van der Waals surface area contributed by atoms with Crippen LogP contribution in [-0.4, -0.2) is 26.0 Å². The molecular weight excluding hydrogens is 348 g/mol. The van der Waals surface area contributed by atoms with Crippen LogP contribution in [0.2, 0.25) is 5.02 Å². The van der Waals surface area contributed by atoms with Crippen LogP contribution in [0.1, 0.15) is 15.9 Å².